The van der Waals surface area contributed by atoms with E-state index in [1.54, 1.807) is 23.9 Å². The molecule has 2 rings (SSSR count). The predicted octanol–water partition coefficient (Wildman–Crippen LogP) is 4.84. The number of ketones is 1. The standard InChI is InChI=1S/C18H22N2O4S3/c1-4-6-14-15(8-7-13(11(2)21)16(14)24-12(3)22)23-9-5-10-26-18-20-19-17(25)27-18/h7-8H,4-6,9-10H2,1-3H3,(H,19,25). The monoisotopic (exact) mass is 426 g/mol. The fourth-order valence-corrected chi connectivity index (χ4v) is 4.51. The Bertz CT molecular complexity index is 861. The summed E-state index contributed by atoms with van der Waals surface area (Å²) in [5.74, 6) is 1.22. The van der Waals surface area contributed by atoms with Crippen LogP contribution in [0.15, 0.2) is 16.5 Å². The first-order valence-electron chi connectivity index (χ1n) is 8.58. The maximum Gasteiger partial charge on any atom is 0.308 e. The van der Waals surface area contributed by atoms with Gasteiger partial charge in [0.1, 0.15) is 11.5 Å². The summed E-state index contributed by atoms with van der Waals surface area (Å²) >= 11 is 8.09. The smallest absolute Gasteiger partial charge is 0.308 e. The van der Waals surface area contributed by atoms with Gasteiger partial charge in [0.2, 0.25) is 0 Å². The van der Waals surface area contributed by atoms with Crippen molar-refractivity contribution < 1.29 is 19.1 Å². The van der Waals surface area contributed by atoms with Crippen LogP contribution in [0.3, 0.4) is 0 Å². The molecule has 0 saturated heterocycles. The lowest BCUT2D eigenvalue weighted by atomic mass is 10.0. The highest BCUT2D eigenvalue weighted by atomic mass is 32.2. The van der Waals surface area contributed by atoms with Crippen molar-refractivity contribution in [2.75, 3.05) is 12.4 Å². The summed E-state index contributed by atoms with van der Waals surface area (Å²) in [6.45, 7) is 5.32. The number of benzene rings is 1. The van der Waals surface area contributed by atoms with Crippen LogP contribution >= 0.6 is 35.3 Å². The van der Waals surface area contributed by atoms with Gasteiger partial charge in [-0.3, -0.25) is 14.7 Å². The number of thioether (sulfide) groups is 1. The second-order valence-corrected chi connectivity index (χ2v) is 8.76. The molecule has 0 spiro atoms. The average Bonchev–Trinajstić information content (AvgIpc) is 3.01. The van der Waals surface area contributed by atoms with E-state index in [0.717, 1.165) is 28.5 Å². The number of H-pyrrole nitrogens is 1. The Kier molecular flexibility index (Phi) is 8.46. The van der Waals surface area contributed by atoms with E-state index >= 15 is 0 Å². The lowest BCUT2D eigenvalue weighted by molar-refractivity contribution is -0.131. The Balaban J connectivity index is 2.06. The van der Waals surface area contributed by atoms with Crippen molar-refractivity contribution in [3.8, 4) is 11.5 Å². The SMILES string of the molecule is CCCc1c(OCCCSc2n[nH]c(=S)s2)ccc(C(C)=O)c1OC(C)=O. The molecule has 1 heterocycles. The number of carbonyl (C=O) groups is 2. The fourth-order valence-electron chi connectivity index (χ4n) is 2.45. The number of esters is 1. The minimum absolute atomic E-state index is 0.145. The van der Waals surface area contributed by atoms with Gasteiger partial charge in [-0.15, -0.1) is 0 Å². The second kappa shape index (κ2) is 10.6. The van der Waals surface area contributed by atoms with Gasteiger partial charge in [-0.25, -0.2) is 0 Å². The predicted molar refractivity (Wildman–Crippen MR) is 110 cm³/mol. The molecule has 1 N–H and O–H groups in total. The van der Waals surface area contributed by atoms with E-state index in [1.807, 2.05) is 6.92 Å². The van der Waals surface area contributed by atoms with Crippen molar-refractivity contribution in [3.63, 3.8) is 0 Å². The minimum Gasteiger partial charge on any atom is -0.493 e. The van der Waals surface area contributed by atoms with Crippen LogP contribution in [-0.4, -0.2) is 34.3 Å². The Labute approximate surface area is 171 Å². The largest absolute Gasteiger partial charge is 0.493 e. The highest BCUT2D eigenvalue weighted by Gasteiger charge is 2.19. The molecule has 146 valence electrons. The summed E-state index contributed by atoms with van der Waals surface area (Å²) in [5.41, 5.74) is 1.16. The Morgan fingerprint density at radius 3 is 2.70 bits per heavy atom. The molecule has 0 radical (unpaired) electrons. The van der Waals surface area contributed by atoms with E-state index in [-0.39, 0.29) is 5.78 Å². The van der Waals surface area contributed by atoms with Crippen LogP contribution in [0.1, 0.15) is 49.5 Å². The summed E-state index contributed by atoms with van der Waals surface area (Å²) in [7, 11) is 0. The third kappa shape index (κ3) is 6.44. The molecular weight excluding hydrogens is 404 g/mol. The lowest BCUT2D eigenvalue weighted by Gasteiger charge is -2.17. The first-order chi connectivity index (χ1) is 12.9. The molecule has 0 saturated carbocycles. The Hall–Kier alpha value is -1.71. The third-order valence-corrected chi connectivity index (χ3v) is 5.85. The zero-order valence-corrected chi connectivity index (χ0v) is 17.9. The van der Waals surface area contributed by atoms with Crippen molar-refractivity contribution in [1.29, 1.82) is 0 Å². The maximum atomic E-state index is 11.9. The number of Topliss-reactive ketones (excluding diaryl/α,β-unsaturated/α-hetero) is 1. The third-order valence-electron chi connectivity index (χ3n) is 3.53. The summed E-state index contributed by atoms with van der Waals surface area (Å²) in [6, 6.07) is 3.43. The van der Waals surface area contributed by atoms with Crippen molar-refractivity contribution in [2.45, 2.75) is 44.4 Å². The molecule has 1 aromatic heterocycles. The van der Waals surface area contributed by atoms with Crippen molar-refractivity contribution >= 4 is 47.1 Å². The number of hydrogen-bond donors (Lipinski definition) is 1. The number of hydrogen-bond acceptors (Lipinski definition) is 8. The van der Waals surface area contributed by atoms with E-state index in [2.05, 4.69) is 10.2 Å². The quantitative estimate of drug-likeness (QED) is 0.145. The van der Waals surface area contributed by atoms with Crippen molar-refractivity contribution in [3.05, 3.63) is 27.2 Å². The molecule has 0 aliphatic heterocycles. The van der Waals surface area contributed by atoms with E-state index in [9.17, 15) is 9.59 Å². The van der Waals surface area contributed by atoms with Gasteiger partial charge in [-0.05, 0) is 44.1 Å². The van der Waals surface area contributed by atoms with Crippen LogP contribution in [0.4, 0.5) is 0 Å². The molecule has 0 amide bonds. The van der Waals surface area contributed by atoms with Crippen LogP contribution in [0.2, 0.25) is 0 Å². The van der Waals surface area contributed by atoms with Crippen molar-refractivity contribution in [2.24, 2.45) is 0 Å². The first kappa shape index (κ1) is 21.6. The Morgan fingerprint density at radius 1 is 1.33 bits per heavy atom. The van der Waals surface area contributed by atoms with Gasteiger partial charge in [0.25, 0.3) is 0 Å². The number of nitrogens with zero attached hydrogens (tertiary/aromatic N) is 1. The second-order valence-electron chi connectivity index (χ2n) is 5.75. The molecule has 0 fully saturated rings. The molecule has 27 heavy (non-hydrogen) atoms. The van der Waals surface area contributed by atoms with Crippen LogP contribution in [0.25, 0.3) is 0 Å². The van der Waals surface area contributed by atoms with Crippen LogP contribution in [0, 0.1) is 3.95 Å². The lowest BCUT2D eigenvalue weighted by Crippen LogP contribution is -2.11. The van der Waals surface area contributed by atoms with Gasteiger partial charge in [0.15, 0.2) is 14.1 Å². The van der Waals surface area contributed by atoms with E-state index in [0.29, 0.717) is 34.0 Å². The fraction of sp³-hybridized carbons (Fsp3) is 0.444. The van der Waals surface area contributed by atoms with Gasteiger partial charge < -0.3 is 9.47 Å². The first-order valence-corrected chi connectivity index (χ1v) is 10.8. The number of aromatic nitrogens is 2. The Morgan fingerprint density at radius 2 is 2.11 bits per heavy atom. The number of aromatic amines is 1. The van der Waals surface area contributed by atoms with Gasteiger partial charge in [-0.1, -0.05) is 36.4 Å². The molecule has 0 unspecified atom stereocenters. The van der Waals surface area contributed by atoms with E-state index in [1.165, 1.54) is 25.2 Å². The highest BCUT2D eigenvalue weighted by Crippen LogP contribution is 2.34. The molecule has 0 bridgehead atoms. The van der Waals surface area contributed by atoms with Crippen LogP contribution in [0.5, 0.6) is 11.5 Å². The number of carbonyl (C=O) groups excluding carboxylic acids is 2. The van der Waals surface area contributed by atoms with Crippen LogP contribution in [-0.2, 0) is 11.2 Å². The molecule has 0 atom stereocenters. The molecule has 9 heteroatoms. The van der Waals surface area contributed by atoms with E-state index < -0.39 is 5.97 Å². The molecule has 2 aromatic rings. The van der Waals surface area contributed by atoms with Gasteiger partial charge in [0.05, 0.1) is 12.2 Å². The van der Waals surface area contributed by atoms with E-state index in [4.69, 9.17) is 21.7 Å². The van der Waals surface area contributed by atoms with Crippen molar-refractivity contribution in [1.82, 2.24) is 10.2 Å². The van der Waals surface area contributed by atoms with Crippen LogP contribution < -0.4 is 9.47 Å². The maximum absolute atomic E-state index is 11.9. The molecule has 0 aliphatic carbocycles. The summed E-state index contributed by atoms with van der Waals surface area (Å²) in [4.78, 5) is 23.4. The minimum atomic E-state index is -0.454. The summed E-state index contributed by atoms with van der Waals surface area (Å²) in [6.07, 6.45) is 2.32. The van der Waals surface area contributed by atoms with Gasteiger partial charge in [0, 0.05) is 18.2 Å². The normalized spacial score (nSPS) is 10.6. The highest BCUT2D eigenvalue weighted by molar-refractivity contribution is 8.01. The number of rotatable bonds is 10. The molecule has 1 aromatic carbocycles. The molecule has 0 aliphatic rings. The number of ether oxygens (including phenoxy) is 2. The summed E-state index contributed by atoms with van der Waals surface area (Å²) < 4.78 is 12.9. The molecular formula is C18H22N2O4S3. The topological polar surface area (TPSA) is 81.3 Å². The number of nitrogens with one attached hydrogen (secondary N) is 1. The van der Waals surface area contributed by atoms with Gasteiger partial charge in [-0.2, -0.15) is 5.10 Å². The molecule has 6 nitrogen and oxygen atoms in total. The van der Waals surface area contributed by atoms with Gasteiger partial charge >= 0.3 is 5.97 Å². The zero-order valence-electron chi connectivity index (χ0n) is 15.5. The average molecular weight is 427 g/mol. The zero-order chi connectivity index (χ0) is 19.8. The summed E-state index contributed by atoms with van der Waals surface area (Å²) in [5, 5.41) is 6.86.